The summed E-state index contributed by atoms with van der Waals surface area (Å²) in [4.78, 5) is 8.02. The van der Waals surface area contributed by atoms with Crippen LogP contribution in [0.25, 0.3) is 0 Å². The van der Waals surface area contributed by atoms with Crippen LogP contribution in [0.15, 0.2) is 36.7 Å². The number of unbranched alkanes of at least 4 members (excludes halogenated alkanes) is 2. The fourth-order valence-corrected chi connectivity index (χ4v) is 2.01. The van der Waals surface area contributed by atoms with Crippen LogP contribution in [-0.2, 0) is 0 Å². The van der Waals surface area contributed by atoms with E-state index in [9.17, 15) is 0 Å². The number of rotatable bonds is 10. The zero-order chi connectivity index (χ0) is 18.1. The Hall–Kier alpha value is -3.16. The average Bonchev–Trinajstić information content (AvgIpc) is 2.61. The predicted octanol–water partition coefficient (Wildman–Crippen LogP) is 1.67. The van der Waals surface area contributed by atoms with Gasteiger partial charge in [0.05, 0.1) is 25.6 Å². The van der Waals surface area contributed by atoms with E-state index in [0.717, 1.165) is 25.0 Å². The van der Waals surface area contributed by atoms with Crippen molar-refractivity contribution in [1.29, 1.82) is 10.8 Å². The first kappa shape index (κ1) is 18.2. The third-order valence-electron chi connectivity index (χ3n) is 3.38. The van der Waals surface area contributed by atoms with Crippen molar-refractivity contribution in [1.82, 2.24) is 9.97 Å². The van der Waals surface area contributed by atoms with Crippen LogP contribution in [0.1, 0.15) is 30.5 Å². The van der Waals surface area contributed by atoms with Crippen molar-refractivity contribution in [2.45, 2.75) is 19.3 Å². The summed E-state index contributed by atoms with van der Waals surface area (Å²) in [5.41, 5.74) is 11.7. The lowest BCUT2D eigenvalue weighted by Crippen LogP contribution is -2.13. The van der Waals surface area contributed by atoms with Crippen LogP contribution >= 0.6 is 0 Å². The molecule has 0 bridgehead atoms. The van der Waals surface area contributed by atoms with Crippen LogP contribution in [0.5, 0.6) is 11.6 Å². The first-order valence-electron chi connectivity index (χ1n) is 7.93. The van der Waals surface area contributed by atoms with Crippen molar-refractivity contribution in [3.63, 3.8) is 0 Å². The molecular weight excluding hydrogens is 320 g/mol. The Morgan fingerprint density at radius 2 is 1.52 bits per heavy atom. The Kier molecular flexibility index (Phi) is 6.70. The molecule has 0 fully saturated rings. The maximum atomic E-state index is 7.33. The molecule has 0 amide bonds. The highest BCUT2D eigenvalue weighted by Gasteiger charge is 2.01. The van der Waals surface area contributed by atoms with E-state index in [0.29, 0.717) is 30.4 Å². The maximum Gasteiger partial charge on any atom is 0.232 e. The standard InChI is InChI=1S/C17H22N6O2/c18-16(19)12-4-6-13(7-5-12)24-8-2-1-3-9-25-15-11-22-14(10-23-15)17(20)21/h4-7,10-11H,1-3,8-9H2,(H3,18,19)(H3,20,21). The number of hydrogen-bond donors (Lipinski definition) is 4. The third kappa shape index (κ3) is 6.09. The average molecular weight is 342 g/mol. The zero-order valence-electron chi connectivity index (χ0n) is 13.9. The Bertz CT molecular complexity index is 639. The van der Waals surface area contributed by atoms with Gasteiger partial charge in [-0.3, -0.25) is 10.8 Å². The van der Waals surface area contributed by atoms with Crippen LogP contribution in [0.2, 0.25) is 0 Å². The van der Waals surface area contributed by atoms with Crippen LogP contribution in [0.4, 0.5) is 0 Å². The molecular formula is C17H22N6O2. The van der Waals surface area contributed by atoms with Gasteiger partial charge >= 0.3 is 0 Å². The number of hydrogen-bond acceptors (Lipinski definition) is 6. The number of nitrogens with one attached hydrogen (secondary N) is 2. The molecule has 2 aromatic rings. The van der Waals surface area contributed by atoms with Crippen molar-refractivity contribution in [3.8, 4) is 11.6 Å². The van der Waals surface area contributed by atoms with Gasteiger partial charge in [0.15, 0.2) is 0 Å². The normalized spacial score (nSPS) is 10.2. The number of ether oxygens (including phenoxy) is 2. The zero-order valence-corrected chi connectivity index (χ0v) is 13.9. The van der Waals surface area contributed by atoms with Gasteiger partial charge in [0.2, 0.25) is 5.88 Å². The minimum absolute atomic E-state index is 0.0483. The van der Waals surface area contributed by atoms with Gasteiger partial charge in [0.1, 0.15) is 23.1 Å². The lowest BCUT2D eigenvalue weighted by Gasteiger charge is -2.07. The van der Waals surface area contributed by atoms with E-state index < -0.39 is 0 Å². The fourth-order valence-electron chi connectivity index (χ4n) is 2.01. The molecule has 1 aromatic heterocycles. The van der Waals surface area contributed by atoms with Crippen molar-refractivity contribution in [2.24, 2.45) is 11.5 Å². The molecule has 0 unspecified atom stereocenters. The van der Waals surface area contributed by atoms with E-state index in [1.165, 1.54) is 12.4 Å². The van der Waals surface area contributed by atoms with Gasteiger partial charge in [-0.05, 0) is 43.5 Å². The molecule has 0 spiro atoms. The van der Waals surface area contributed by atoms with E-state index in [1.807, 2.05) is 12.1 Å². The lowest BCUT2D eigenvalue weighted by molar-refractivity contribution is 0.273. The molecule has 0 saturated carbocycles. The summed E-state index contributed by atoms with van der Waals surface area (Å²) >= 11 is 0. The maximum absolute atomic E-state index is 7.33. The first-order chi connectivity index (χ1) is 12.1. The molecule has 8 heteroatoms. The van der Waals surface area contributed by atoms with E-state index in [-0.39, 0.29) is 11.7 Å². The second-order valence-corrected chi connectivity index (χ2v) is 5.35. The summed E-state index contributed by atoms with van der Waals surface area (Å²) in [6.07, 6.45) is 5.63. The summed E-state index contributed by atoms with van der Waals surface area (Å²) in [6.45, 7) is 1.16. The molecule has 25 heavy (non-hydrogen) atoms. The van der Waals surface area contributed by atoms with E-state index in [4.69, 9.17) is 31.8 Å². The van der Waals surface area contributed by atoms with E-state index in [1.54, 1.807) is 12.1 Å². The summed E-state index contributed by atoms with van der Waals surface area (Å²) in [5.74, 6) is 1.12. The minimum Gasteiger partial charge on any atom is -0.494 e. The smallest absolute Gasteiger partial charge is 0.232 e. The molecule has 132 valence electrons. The first-order valence-corrected chi connectivity index (χ1v) is 7.93. The Morgan fingerprint density at radius 3 is 2.08 bits per heavy atom. The van der Waals surface area contributed by atoms with Crippen molar-refractivity contribution in [3.05, 3.63) is 47.9 Å². The molecule has 0 aliphatic rings. The SMILES string of the molecule is N=C(N)c1ccc(OCCCCCOc2cnc(C(=N)N)cn2)cc1. The van der Waals surface area contributed by atoms with E-state index >= 15 is 0 Å². The van der Waals surface area contributed by atoms with Gasteiger partial charge in [0, 0.05) is 5.56 Å². The van der Waals surface area contributed by atoms with Gasteiger partial charge in [-0.2, -0.15) is 0 Å². The third-order valence-corrected chi connectivity index (χ3v) is 3.38. The van der Waals surface area contributed by atoms with Crippen molar-refractivity contribution >= 4 is 11.7 Å². The van der Waals surface area contributed by atoms with Gasteiger partial charge in [-0.25, -0.2) is 9.97 Å². The molecule has 8 nitrogen and oxygen atoms in total. The fraction of sp³-hybridized carbons (Fsp3) is 0.294. The molecule has 0 atom stereocenters. The predicted molar refractivity (Wildman–Crippen MR) is 95.3 cm³/mol. The molecule has 0 aliphatic carbocycles. The van der Waals surface area contributed by atoms with Crippen molar-refractivity contribution in [2.75, 3.05) is 13.2 Å². The lowest BCUT2D eigenvalue weighted by atomic mass is 10.2. The minimum atomic E-state index is -0.116. The molecule has 6 N–H and O–H groups in total. The van der Waals surface area contributed by atoms with Gasteiger partial charge in [0.25, 0.3) is 0 Å². The van der Waals surface area contributed by atoms with Gasteiger partial charge < -0.3 is 20.9 Å². The number of nitrogens with zero attached hydrogens (tertiary/aromatic N) is 2. The summed E-state index contributed by atoms with van der Waals surface area (Å²) in [6, 6.07) is 7.15. The number of nitrogen functional groups attached to an aromatic ring is 2. The molecule has 0 radical (unpaired) electrons. The summed E-state index contributed by atoms with van der Waals surface area (Å²) < 4.78 is 11.1. The molecule has 0 aliphatic heterocycles. The second kappa shape index (κ2) is 9.21. The quantitative estimate of drug-likeness (QED) is 0.294. The number of benzene rings is 1. The largest absolute Gasteiger partial charge is 0.494 e. The Morgan fingerprint density at radius 1 is 0.840 bits per heavy atom. The highest BCUT2D eigenvalue weighted by Crippen LogP contribution is 2.12. The second-order valence-electron chi connectivity index (χ2n) is 5.35. The number of nitrogens with two attached hydrogens (primary N) is 2. The highest BCUT2D eigenvalue weighted by molar-refractivity contribution is 5.95. The monoisotopic (exact) mass is 342 g/mol. The number of aromatic nitrogens is 2. The molecule has 1 aromatic carbocycles. The Labute approximate surface area is 146 Å². The van der Waals surface area contributed by atoms with Gasteiger partial charge in [-0.15, -0.1) is 0 Å². The van der Waals surface area contributed by atoms with Crippen LogP contribution in [0.3, 0.4) is 0 Å². The van der Waals surface area contributed by atoms with Crippen LogP contribution in [-0.4, -0.2) is 34.9 Å². The molecule has 1 heterocycles. The summed E-state index contributed by atoms with van der Waals surface area (Å²) in [7, 11) is 0. The highest BCUT2D eigenvalue weighted by atomic mass is 16.5. The van der Waals surface area contributed by atoms with Crippen LogP contribution in [0, 0.1) is 10.8 Å². The van der Waals surface area contributed by atoms with Gasteiger partial charge in [-0.1, -0.05) is 0 Å². The number of amidine groups is 2. The van der Waals surface area contributed by atoms with Crippen molar-refractivity contribution < 1.29 is 9.47 Å². The summed E-state index contributed by atoms with van der Waals surface area (Å²) in [5, 5.41) is 14.6. The topological polar surface area (TPSA) is 144 Å². The molecule has 2 rings (SSSR count). The van der Waals surface area contributed by atoms with Crippen LogP contribution < -0.4 is 20.9 Å². The van der Waals surface area contributed by atoms with E-state index in [2.05, 4.69) is 9.97 Å². The Balaban J connectivity index is 1.57. The molecule has 0 saturated heterocycles.